The molecular formula is C26H32N3O3+. The molecule has 2 aromatic rings. The summed E-state index contributed by atoms with van der Waals surface area (Å²) in [5.74, 6) is 0.533. The third-order valence-electron chi connectivity index (χ3n) is 5.80. The zero-order valence-electron chi connectivity index (χ0n) is 19.1. The van der Waals surface area contributed by atoms with E-state index in [4.69, 9.17) is 4.74 Å². The van der Waals surface area contributed by atoms with Gasteiger partial charge in [-0.3, -0.25) is 9.69 Å². The van der Waals surface area contributed by atoms with E-state index >= 15 is 0 Å². The number of hydrogen-bond acceptors (Lipinski definition) is 4. The topological polar surface area (TPSA) is 61.6 Å². The van der Waals surface area contributed by atoms with Gasteiger partial charge in [-0.05, 0) is 41.8 Å². The van der Waals surface area contributed by atoms with Crippen LogP contribution in [0.4, 0.5) is 0 Å². The first kappa shape index (κ1) is 23.4. The van der Waals surface area contributed by atoms with E-state index in [1.807, 2.05) is 19.1 Å². The summed E-state index contributed by atoms with van der Waals surface area (Å²) in [5, 5.41) is 2.63. The highest BCUT2D eigenvalue weighted by Gasteiger charge is 2.28. The van der Waals surface area contributed by atoms with E-state index in [0.717, 1.165) is 24.2 Å². The van der Waals surface area contributed by atoms with Crippen LogP contribution in [0.3, 0.4) is 0 Å². The molecule has 2 amide bonds. The van der Waals surface area contributed by atoms with Gasteiger partial charge in [0, 0.05) is 32.2 Å². The summed E-state index contributed by atoms with van der Waals surface area (Å²) < 4.78 is 8.18. The fourth-order valence-corrected chi connectivity index (χ4v) is 3.89. The molecule has 1 heterocycles. The van der Waals surface area contributed by atoms with E-state index in [0.29, 0.717) is 30.9 Å². The lowest BCUT2D eigenvalue weighted by molar-refractivity contribution is -0.451. The summed E-state index contributed by atoms with van der Waals surface area (Å²) in [4.78, 5) is 26.2. The average Bonchev–Trinajstić information content (AvgIpc) is 2.83. The second-order valence-electron chi connectivity index (χ2n) is 7.97. The van der Waals surface area contributed by atoms with Crippen LogP contribution in [0, 0.1) is 0 Å². The molecule has 32 heavy (non-hydrogen) atoms. The minimum atomic E-state index is -0.179. The summed E-state index contributed by atoms with van der Waals surface area (Å²) in [6, 6.07) is 15.7. The van der Waals surface area contributed by atoms with Gasteiger partial charge in [-0.15, -0.1) is 0 Å². The van der Waals surface area contributed by atoms with Crippen molar-refractivity contribution in [2.24, 2.45) is 0 Å². The van der Waals surface area contributed by atoms with E-state index in [1.165, 1.54) is 11.6 Å². The van der Waals surface area contributed by atoms with Gasteiger partial charge in [0.25, 0.3) is 5.91 Å². The van der Waals surface area contributed by atoms with Gasteiger partial charge in [0.05, 0.1) is 13.1 Å². The van der Waals surface area contributed by atoms with Gasteiger partial charge >= 0.3 is 5.91 Å². The Balaban J connectivity index is 1.80. The molecule has 0 unspecified atom stereocenters. The van der Waals surface area contributed by atoms with Crippen molar-refractivity contribution in [3.8, 4) is 5.75 Å². The van der Waals surface area contributed by atoms with Crippen LogP contribution in [0.5, 0.6) is 5.75 Å². The summed E-state index contributed by atoms with van der Waals surface area (Å²) in [5.41, 5.74) is 3.98. The minimum Gasteiger partial charge on any atom is -0.484 e. The van der Waals surface area contributed by atoms with Crippen LogP contribution >= 0.6 is 0 Å². The molecule has 0 saturated heterocycles. The Morgan fingerprint density at radius 2 is 1.88 bits per heavy atom. The summed E-state index contributed by atoms with van der Waals surface area (Å²) in [6.07, 6.45) is 2.17. The summed E-state index contributed by atoms with van der Waals surface area (Å²) >= 11 is 0. The van der Waals surface area contributed by atoms with Gasteiger partial charge in [-0.1, -0.05) is 37.8 Å². The van der Waals surface area contributed by atoms with E-state index in [9.17, 15) is 9.59 Å². The van der Waals surface area contributed by atoms with Crippen molar-refractivity contribution in [1.29, 1.82) is 0 Å². The summed E-state index contributed by atoms with van der Waals surface area (Å²) in [7, 11) is 1.62. The molecule has 0 saturated carbocycles. The number of nitrogens with one attached hydrogen (secondary N) is 1. The van der Waals surface area contributed by atoms with E-state index in [2.05, 4.69) is 48.0 Å². The van der Waals surface area contributed by atoms with Gasteiger partial charge < -0.3 is 10.1 Å². The molecule has 2 aromatic carbocycles. The van der Waals surface area contributed by atoms with Crippen LogP contribution < -0.4 is 10.1 Å². The fourth-order valence-electron chi connectivity index (χ4n) is 3.89. The Bertz CT molecular complexity index is 994. The highest BCUT2D eigenvalue weighted by atomic mass is 16.5. The van der Waals surface area contributed by atoms with Gasteiger partial charge in [0.2, 0.25) is 0 Å². The number of ether oxygens (including phenoxy) is 1. The van der Waals surface area contributed by atoms with Gasteiger partial charge in [-0.2, -0.15) is 4.58 Å². The monoisotopic (exact) mass is 434 g/mol. The van der Waals surface area contributed by atoms with Crippen molar-refractivity contribution in [3.05, 3.63) is 77.9 Å². The lowest BCUT2D eigenvalue weighted by Gasteiger charge is -2.29. The number of amides is 2. The van der Waals surface area contributed by atoms with Crippen molar-refractivity contribution in [1.82, 2.24) is 10.2 Å². The molecule has 1 aliphatic heterocycles. The molecule has 6 nitrogen and oxygen atoms in total. The molecule has 0 aromatic heterocycles. The molecule has 6 heteroatoms. The number of nitrogens with zero attached hydrogens (tertiary/aromatic N) is 2. The van der Waals surface area contributed by atoms with Crippen molar-refractivity contribution in [3.63, 3.8) is 0 Å². The van der Waals surface area contributed by atoms with Crippen LogP contribution in [-0.2, 0) is 11.2 Å². The first-order chi connectivity index (χ1) is 15.4. The van der Waals surface area contributed by atoms with Crippen LogP contribution in [-0.4, -0.2) is 60.2 Å². The van der Waals surface area contributed by atoms with Crippen LogP contribution in [0.25, 0.3) is 0 Å². The number of carbonyl (C=O) groups is 2. The number of benzene rings is 2. The van der Waals surface area contributed by atoms with Crippen molar-refractivity contribution in [2.75, 3.05) is 33.2 Å². The SMILES string of the molecule is C=CC(=O)[N+]1=C(C)CN(C[C@H](Oc2ccc(C(=O)NC)cc2)c2ccc(CC)cc2)CC1. The number of rotatable bonds is 8. The van der Waals surface area contributed by atoms with Crippen molar-refractivity contribution in [2.45, 2.75) is 26.4 Å². The highest BCUT2D eigenvalue weighted by Crippen LogP contribution is 2.25. The lowest BCUT2D eigenvalue weighted by atomic mass is 10.0. The Morgan fingerprint density at radius 3 is 2.44 bits per heavy atom. The van der Waals surface area contributed by atoms with Crippen molar-refractivity contribution >= 4 is 17.5 Å². The Hall–Kier alpha value is -3.25. The molecule has 168 valence electrons. The maximum absolute atomic E-state index is 12.0. The van der Waals surface area contributed by atoms with Gasteiger partial charge in [-0.25, -0.2) is 4.79 Å². The van der Waals surface area contributed by atoms with Crippen LogP contribution in [0.1, 0.15) is 41.4 Å². The lowest BCUT2D eigenvalue weighted by Crippen LogP contribution is -2.47. The van der Waals surface area contributed by atoms with Crippen molar-refractivity contribution < 1.29 is 18.9 Å². The molecule has 1 aliphatic rings. The molecule has 0 aliphatic carbocycles. The minimum absolute atomic E-state index is 0.0543. The van der Waals surface area contributed by atoms with E-state index < -0.39 is 0 Å². The molecular weight excluding hydrogens is 402 g/mol. The molecule has 1 N–H and O–H groups in total. The second-order valence-corrected chi connectivity index (χ2v) is 7.97. The quantitative estimate of drug-likeness (QED) is 0.512. The smallest absolute Gasteiger partial charge is 0.411 e. The predicted octanol–water partition coefficient (Wildman–Crippen LogP) is 3.23. The van der Waals surface area contributed by atoms with Gasteiger partial charge in [0.1, 0.15) is 11.9 Å². The number of carbonyl (C=O) groups excluding carboxylic acids is 2. The third kappa shape index (κ3) is 5.71. The molecule has 1 atom stereocenters. The highest BCUT2D eigenvalue weighted by molar-refractivity contribution is 5.94. The van der Waals surface area contributed by atoms with E-state index in [1.54, 1.807) is 23.8 Å². The second kappa shape index (κ2) is 10.9. The predicted molar refractivity (Wildman–Crippen MR) is 126 cm³/mol. The maximum Gasteiger partial charge on any atom is 0.411 e. The normalized spacial score (nSPS) is 15.2. The number of hydrogen-bond donors (Lipinski definition) is 1. The maximum atomic E-state index is 12.0. The first-order valence-electron chi connectivity index (χ1n) is 11.0. The van der Waals surface area contributed by atoms with Crippen LogP contribution in [0.15, 0.2) is 61.2 Å². The molecule has 0 spiro atoms. The number of aryl methyl sites for hydroxylation is 1. The Labute approximate surface area is 190 Å². The molecule has 3 rings (SSSR count). The fraction of sp³-hybridized carbons (Fsp3) is 0.346. The molecule has 0 radical (unpaired) electrons. The standard InChI is InChI=1S/C26H31N3O3/c1-5-20-7-9-21(10-8-20)24(32-23-13-11-22(12-14-23)26(31)27-4)18-28-15-16-29(19(3)17-28)25(30)6-2/h6-14,24H,2,5,15-18H2,1,3-4H3/p+1/t24-/m0/s1. The van der Waals surface area contributed by atoms with Crippen LogP contribution in [0.2, 0.25) is 0 Å². The van der Waals surface area contributed by atoms with Gasteiger partial charge in [0.15, 0.2) is 12.3 Å². The Morgan fingerprint density at radius 1 is 1.19 bits per heavy atom. The molecule has 0 bridgehead atoms. The first-order valence-corrected chi connectivity index (χ1v) is 11.0. The van der Waals surface area contributed by atoms with E-state index in [-0.39, 0.29) is 17.9 Å². The zero-order chi connectivity index (χ0) is 23.1. The Kier molecular flexibility index (Phi) is 7.95. The third-order valence-corrected chi connectivity index (χ3v) is 5.80. The average molecular weight is 435 g/mol. The summed E-state index contributed by atoms with van der Waals surface area (Å²) in [6.45, 7) is 10.5. The largest absolute Gasteiger partial charge is 0.484 e. The molecule has 0 fully saturated rings. The zero-order valence-corrected chi connectivity index (χ0v) is 19.1.